The number of amides is 1. The first kappa shape index (κ1) is 22.5. The quantitative estimate of drug-likeness (QED) is 0.679. The van der Waals surface area contributed by atoms with Crippen molar-refractivity contribution in [3.05, 3.63) is 29.8 Å². The first-order chi connectivity index (χ1) is 13.0. The van der Waals surface area contributed by atoms with Gasteiger partial charge in [0, 0.05) is 39.1 Å². The number of anilines is 1. The van der Waals surface area contributed by atoms with E-state index in [1.165, 1.54) is 12.1 Å². The van der Waals surface area contributed by atoms with Crippen LogP contribution in [0.1, 0.15) is 25.3 Å². The molecule has 1 aliphatic rings. The van der Waals surface area contributed by atoms with E-state index in [4.69, 9.17) is 0 Å². The Morgan fingerprint density at radius 3 is 2.36 bits per heavy atom. The molecular formula is C18H26F3N3O3S. The van der Waals surface area contributed by atoms with E-state index >= 15 is 0 Å². The number of carbonyl (C=O) groups is 1. The molecule has 0 unspecified atom stereocenters. The van der Waals surface area contributed by atoms with Gasteiger partial charge in [0.1, 0.15) is 0 Å². The van der Waals surface area contributed by atoms with Gasteiger partial charge in [0.25, 0.3) is 0 Å². The summed E-state index contributed by atoms with van der Waals surface area (Å²) >= 11 is 0. The Kier molecular flexibility index (Phi) is 7.33. The molecule has 158 valence electrons. The summed E-state index contributed by atoms with van der Waals surface area (Å²) in [5.74, 6) is -0.0618. The summed E-state index contributed by atoms with van der Waals surface area (Å²) in [5.41, 5.74) is -0.968. The molecule has 6 nitrogen and oxygen atoms in total. The first-order valence-electron chi connectivity index (χ1n) is 9.17. The molecule has 0 spiro atoms. The Morgan fingerprint density at radius 2 is 1.82 bits per heavy atom. The topological polar surface area (TPSA) is 60.9 Å². The number of nitrogens with zero attached hydrogens (tertiary/aromatic N) is 3. The van der Waals surface area contributed by atoms with Gasteiger partial charge in [-0.1, -0.05) is 13.0 Å². The number of halogens is 3. The molecule has 0 N–H and O–H groups in total. The third kappa shape index (κ3) is 6.10. The van der Waals surface area contributed by atoms with E-state index in [9.17, 15) is 26.4 Å². The average molecular weight is 421 g/mol. The number of carbonyl (C=O) groups excluding carboxylic acids is 1. The molecule has 1 aliphatic heterocycles. The van der Waals surface area contributed by atoms with Gasteiger partial charge in [-0.15, -0.1) is 0 Å². The van der Waals surface area contributed by atoms with Crippen LogP contribution in [-0.4, -0.2) is 69.6 Å². The predicted molar refractivity (Wildman–Crippen MR) is 102 cm³/mol. The van der Waals surface area contributed by atoms with Gasteiger partial charge in [0.2, 0.25) is 15.9 Å². The van der Waals surface area contributed by atoms with E-state index in [0.717, 1.165) is 42.3 Å². The fourth-order valence-electron chi connectivity index (χ4n) is 3.17. The minimum atomic E-state index is -4.56. The van der Waals surface area contributed by atoms with E-state index in [1.54, 1.807) is 4.90 Å². The lowest BCUT2D eigenvalue weighted by atomic mass is 10.2. The number of hydrogen-bond acceptors (Lipinski definition) is 4. The summed E-state index contributed by atoms with van der Waals surface area (Å²) < 4.78 is 63.9. The lowest BCUT2D eigenvalue weighted by molar-refractivity contribution is -0.137. The summed E-state index contributed by atoms with van der Waals surface area (Å²) in [6.07, 6.45) is -3.23. The molecule has 1 amide bonds. The second-order valence-electron chi connectivity index (χ2n) is 6.80. The standard InChI is InChI=1S/C18H26F3N3O3S/c1-3-22-10-12-23(13-11-22)17(25)8-5-9-24(28(2,26)27)16-7-4-6-15(14-16)18(19,20)21/h4,6-7,14H,3,5,8-13H2,1-2H3. The maximum absolute atomic E-state index is 12.9. The maximum atomic E-state index is 12.9. The molecule has 1 aromatic rings. The summed E-state index contributed by atoms with van der Waals surface area (Å²) in [7, 11) is -3.78. The molecule has 10 heteroatoms. The maximum Gasteiger partial charge on any atom is 0.416 e. The summed E-state index contributed by atoms with van der Waals surface area (Å²) in [6, 6.07) is 4.20. The Hall–Kier alpha value is -1.81. The van der Waals surface area contributed by atoms with Crippen LogP contribution in [0.25, 0.3) is 0 Å². The van der Waals surface area contributed by atoms with E-state index in [2.05, 4.69) is 11.8 Å². The molecular weight excluding hydrogens is 395 g/mol. The third-order valence-electron chi connectivity index (χ3n) is 4.79. The van der Waals surface area contributed by atoms with E-state index in [1.807, 2.05) is 0 Å². The van der Waals surface area contributed by atoms with Crippen molar-refractivity contribution in [3.63, 3.8) is 0 Å². The number of sulfonamides is 1. The van der Waals surface area contributed by atoms with Crippen molar-refractivity contribution >= 4 is 21.6 Å². The third-order valence-corrected chi connectivity index (χ3v) is 5.98. The highest BCUT2D eigenvalue weighted by Gasteiger charge is 2.31. The molecule has 0 bridgehead atoms. The van der Waals surface area contributed by atoms with Crippen LogP contribution in [0.15, 0.2) is 24.3 Å². The zero-order valence-electron chi connectivity index (χ0n) is 16.1. The second kappa shape index (κ2) is 9.13. The Bertz CT molecular complexity index is 776. The summed E-state index contributed by atoms with van der Waals surface area (Å²) in [5, 5.41) is 0. The van der Waals surface area contributed by atoms with Gasteiger partial charge in [0.15, 0.2) is 0 Å². The van der Waals surface area contributed by atoms with Crippen molar-refractivity contribution in [2.24, 2.45) is 0 Å². The highest BCUT2D eigenvalue weighted by molar-refractivity contribution is 7.92. The number of rotatable bonds is 7. The fraction of sp³-hybridized carbons (Fsp3) is 0.611. The highest BCUT2D eigenvalue weighted by Crippen LogP contribution is 2.32. The molecule has 1 fully saturated rings. The van der Waals surface area contributed by atoms with Gasteiger partial charge in [-0.2, -0.15) is 13.2 Å². The van der Waals surface area contributed by atoms with Crippen LogP contribution in [0.2, 0.25) is 0 Å². The number of piperazine rings is 1. The molecule has 0 aliphatic carbocycles. The molecule has 0 aromatic heterocycles. The van der Waals surface area contributed by atoms with Crippen molar-refractivity contribution < 1.29 is 26.4 Å². The minimum absolute atomic E-state index is 0.0543. The molecule has 0 radical (unpaired) electrons. The van der Waals surface area contributed by atoms with Gasteiger partial charge in [-0.25, -0.2) is 8.42 Å². The zero-order chi connectivity index (χ0) is 20.9. The largest absolute Gasteiger partial charge is 0.416 e. The van der Waals surface area contributed by atoms with Crippen LogP contribution < -0.4 is 4.31 Å². The molecule has 1 aromatic carbocycles. The fourth-order valence-corrected chi connectivity index (χ4v) is 4.13. The van der Waals surface area contributed by atoms with Gasteiger partial charge in [-0.3, -0.25) is 9.10 Å². The summed E-state index contributed by atoms with van der Waals surface area (Å²) in [4.78, 5) is 16.3. The van der Waals surface area contributed by atoms with Crippen LogP contribution in [0.5, 0.6) is 0 Å². The molecule has 2 rings (SSSR count). The zero-order valence-corrected chi connectivity index (χ0v) is 16.9. The molecule has 1 saturated heterocycles. The van der Waals surface area contributed by atoms with Crippen LogP contribution in [0.3, 0.4) is 0 Å². The number of benzene rings is 1. The van der Waals surface area contributed by atoms with Crippen molar-refractivity contribution in [3.8, 4) is 0 Å². The SMILES string of the molecule is CCN1CCN(C(=O)CCCN(c2cccc(C(F)(F)F)c2)S(C)(=O)=O)CC1. The van der Waals surface area contributed by atoms with E-state index in [-0.39, 0.29) is 31.0 Å². The van der Waals surface area contributed by atoms with Crippen LogP contribution in [0.4, 0.5) is 18.9 Å². The lowest BCUT2D eigenvalue weighted by Crippen LogP contribution is -2.48. The minimum Gasteiger partial charge on any atom is -0.340 e. The Morgan fingerprint density at radius 1 is 1.18 bits per heavy atom. The van der Waals surface area contributed by atoms with Crippen molar-refractivity contribution in [1.29, 1.82) is 0 Å². The lowest BCUT2D eigenvalue weighted by Gasteiger charge is -2.34. The van der Waals surface area contributed by atoms with Crippen molar-refractivity contribution in [1.82, 2.24) is 9.80 Å². The van der Waals surface area contributed by atoms with E-state index in [0.29, 0.717) is 13.1 Å². The van der Waals surface area contributed by atoms with Crippen LogP contribution in [0, 0.1) is 0 Å². The van der Waals surface area contributed by atoms with Gasteiger partial charge in [-0.05, 0) is 31.2 Å². The highest BCUT2D eigenvalue weighted by atomic mass is 32.2. The van der Waals surface area contributed by atoms with E-state index < -0.39 is 21.8 Å². The van der Waals surface area contributed by atoms with Crippen LogP contribution >= 0.6 is 0 Å². The van der Waals surface area contributed by atoms with Crippen LogP contribution in [-0.2, 0) is 21.0 Å². The van der Waals surface area contributed by atoms with Crippen molar-refractivity contribution in [2.45, 2.75) is 25.9 Å². The average Bonchev–Trinajstić information content (AvgIpc) is 2.63. The Balaban J connectivity index is 2.00. The van der Waals surface area contributed by atoms with Gasteiger partial charge in [0.05, 0.1) is 17.5 Å². The number of hydrogen-bond donors (Lipinski definition) is 0. The van der Waals surface area contributed by atoms with Crippen molar-refractivity contribution in [2.75, 3.05) is 49.8 Å². The molecule has 0 saturated carbocycles. The first-order valence-corrected chi connectivity index (χ1v) is 11.0. The monoisotopic (exact) mass is 421 g/mol. The van der Waals surface area contributed by atoms with Gasteiger partial charge >= 0.3 is 6.18 Å². The Labute approximate surface area is 164 Å². The molecule has 0 atom stereocenters. The molecule has 28 heavy (non-hydrogen) atoms. The number of alkyl halides is 3. The predicted octanol–water partition coefficient (Wildman–Crippen LogP) is 2.42. The number of likely N-dealkylation sites (N-methyl/N-ethyl adjacent to an activating group) is 1. The van der Waals surface area contributed by atoms with Gasteiger partial charge < -0.3 is 9.80 Å². The second-order valence-corrected chi connectivity index (χ2v) is 8.71. The smallest absolute Gasteiger partial charge is 0.340 e. The molecule has 1 heterocycles. The normalized spacial score (nSPS) is 16.2. The summed E-state index contributed by atoms with van der Waals surface area (Å²) in [6.45, 7) is 5.82.